The van der Waals surface area contributed by atoms with Crippen LogP contribution in [0.4, 0.5) is 5.69 Å². The second kappa shape index (κ2) is 10.0. The van der Waals surface area contributed by atoms with E-state index in [0.29, 0.717) is 6.61 Å². The third kappa shape index (κ3) is 4.68. The highest BCUT2D eigenvalue weighted by Gasteiger charge is 2.57. The molecule has 0 aromatic heterocycles. The van der Waals surface area contributed by atoms with Crippen molar-refractivity contribution in [2.75, 3.05) is 31.1 Å². The molecular formula is C29H39N3O3. The number of hydrogen-bond acceptors (Lipinski definition) is 4. The first-order valence-electron chi connectivity index (χ1n) is 12.8. The van der Waals surface area contributed by atoms with Gasteiger partial charge in [-0.25, -0.2) is 0 Å². The summed E-state index contributed by atoms with van der Waals surface area (Å²) in [6.45, 7) is 11.5. The van der Waals surface area contributed by atoms with Crippen LogP contribution in [0.3, 0.4) is 0 Å². The van der Waals surface area contributed by atoms with Crippen LogP contribution in [0.25, 0.3) is 0 Å². The number of ether oxygens (including phenoxy) is 1. The Morgan fingerprint density at radius 2 is 1.71 bits per heavy atom. The van der Waals surface area contributed by atoms with E-state index in [9.17, 15) is 9.59 Å². The molecule has 0 aliphatic carbocycles. The molecule has 2 atom stereocenters. The summed E-state index contributed by atoms with van der Waals surface area (Å²) in [5, 5.41) is 0. The van der Waals surface area contributed by atoms with Crippen LogP contribution in [-0.2, 0) is 15.0 Å². The second-order valence-electron chi connectivity index (χ2n) is 10.7. The SMILES string of the molecule is CC(=O)N1c2cc(OCCCN3CCCCC3)ccc2C(C)(c2ccccc2)C(C(N)=O)C1(C)C. The molecule has 2 aliphatic rings. The number of rotatable bonds is 7. The van der Waals surface area contributed by atoms with Crippen molar-refractivity contribution in [1.82, 2.24) is 4.90 Å². The zero-order chi connectivity index (χ0) is 25.2. The van der Waals surface area contributed by atoms with Crippen LogP contribution < -0.4 is 15.4 Å². The number of likely N-dealkylation sites (tertiary alicyclic amines) is 1. The Balaban J connectivity index is 1.69. The highest BCUT2D eigenvalue weighted by Crippen LogP contribution is 2.54. The second-order valence-corrected chi connectivity index (χ2v) is 10.7. The van der Waals surface area contributed by atoms with E-state index >= 15 is 0 Å². The Morgan fingerprint density at radius 3 is 2.34 bits per heavy atom. The average Bonchev–Trinajstić information content (AvgIpc) is 2.82. The average molecular weight is 478 g/mol. The van der Waals surface area contributed by atoms with Crippen molar-refractivity contribution in [3.63, 3.8) is 0 Å². The van der Waals surface area contributed by atoms with Gasteiger partial charge in [-0.15, -0.1) is 0 Å². The summed E-state index contributed by atoms with van der Waals surface area (Å²) in [4.78, 5) is 30.2. The van der Waals surface area contributed by atoms with Crippen LogP contribution in [0.1, 0.15) is 64.5 Å². The van der Waals surface area contributed by atoms with Gasteiger partial charge in [0.1, 0.15) is 5.75 Å². The molecule has 2 heterocycles. The molecule has 6 nitrogen and oxygen atoms in total. The maximum Gasteiger partial charge on any atom is 0.224 e. The van der Waals surface area contributed by atoms with Gasteiger partial charge in [-0.2, -0.15) is 0 Å². The van der Waals surface area contributed by atoms with E-state index in [2.05, 4.69) is 11.8 Å². The number of fused-ring (bicyclic) bond motifs is 1. The highest BCUT2D eigenvalue weighted by molar-refractivity contribution is 5.98. The summed E-state index contributed by atoms with van der Waals surface area (Å²) in [5.74, 6) is -0.432. The third-order valence-electron chi connectivity index (χ3n) is 7.94. The Bertz CT molecular complexity index is 1060. The number of carbonyl (C=O) groups excluding carboxylic acids is 2. The normalized spacial score (nSPS) is 24.0. The van der Waals surface area contributed by atoms with Crippen molar-refractivity contribution in [3.8, 4) is 5.75 Å². The number of nitrogens with zero attached hydrogens (tertiary/aromatic N) is 2. The lowest BCUT2D eigenvalue weighted by Gasteiger charge is -2.55. The highest BCUT2D eigenvalue weighted by atomic mass is 16.5. The number of carbonyl (C=O) groups is 2. The third-order valence-corrected chi connectivity index (χ3v) is 7.94. The summed E-state index contributed by atoms with van der Waals surface area (Å²) in [6, 6.07) is 15.9. The Labute approximate surface area is 209 Å². The lowest BCUT2D eigenvalue weighted by Crippen LogP contribution is -2.65. The molecule has 2 unspecified atom stereocenters. The fraction of sp³-hybridized carbons (Fsp3) is 0.517. The molecule has 0 saturated carbocycles. The van der Waals surface area contributed by atoms with Gasteiger partial charge in [0.2, 0.25) is 11.8 Å². The number of piperidine rings is 1. The molecular weight excluding hydrogens is 438 g/mol. The minimum atomic E-state index is -0.831. The molecule has 2 aromatic carbocycles. The van der Waals surface area contributed by atoms with Gasteiger partial charge in [0.15, 0.2) is 0 Å². The number of amides is 2. The number of benzene rings is 2. The van der Waals surface area contributed by atoms with Crippen molar-refractivity contribution in [2.24, 2.45) is 11.7 Å². The lowest BCUT2D eigenvalue weighted by molar-refractivity contribution is -0.127. The molecule has 0 bridgehead atoms. The summed E-state index contributed by atoms with van der Waals surface area (Å²) in [7, 11) is 0. The van der Waals surface area contributed by atoms with Gasteiger partial charge >= 0.3 is 0 Å². The van der Waals surface area contributed by atoms with Crippen LogP contribution in [-0.4, -0.2) is 48.5 Å². The van der Waals surface area contributed by atoms with Crippen LogP contribution in [0.2, 0.25) is 0 Å². The largest absolute Gasteiger partial charge is 0.493 e. The van der Waals surface area contributed by atoms with Crippen LogP contribution >= 0.6 is 0 Å². The first-order valence-corrected chi connectivity index (χ1v) is 12.8. The molecule has 35 heavy (non-hydrogen) atoms. The molecule has 2 amide bonds. The summed E-state index contributed by atoms with van der Waals surface area (Å²) >= 11 is 0. The van der Waals surface area contributed by atoms with E-state index < -0.39 is 22.8 Å². The molecule has 1 saturated heterocycles. The molecule has 4 rings (SSSR count). The van der Waals surface area contributed by atoms with E-state index in [-0.39, 0.29) is 5.91 Å². The predicted molar refractivity (Wildman–Crippen MR) is 140 cm³/mol. The molecule has 0 radical (unpaired) electrons. The molecule has 1 fully saturated rings. The van der Waals surface area contributed by atoms with Gasteiger partial charge in [0.25, 0.3) is 0 Å². The summed E-state index contributed by atoms with van der Waals surface area (Å²) in [6.07, 6.45) is 4.87. The van der Waals surface area contributed by atoms with Crippen LogP contribution in [0.5, 0.6) is 5.75 Å². The quantitative estimate of drug-likeness (QED) is 0.596. The molecule has 0 spiro atoms. The van der Waals surface area contributed by atoms with Crippen molar-refractivity contribution in [2.45, 2.75) is 64.3 Å². The maximum absolute atomic E-state index is 13.0. The van der Waals surface area contributed by atoms with E-state index in [1.165, 1.54) is 32.4 Å². The number of nitrogens with two attached hydrogens (primary N) is 1. The topological polar surface area (TPSA) is 75.9 Å². The summed E-state index contributed by atoms with van der Waals surface area (Å²) in [5.41, 5.74) is 7.19. The van der Waals surface area contributed by atoms with Gasteiger partial charge in [-0.3, -0.25) is 9.59 Å². The zero-order valence-corrected chi connectivity index (χ0v) is 21.5. The van der Waals surface area contributed by atoms with Gasteiger partial charge in [-0.05, 0) is 63.4 Å². The van der Waals surface area contributed by atoms with Crippen molar-refractivity contribution in [1.29, 1.82) is 0 Å². The minimum Gasteiger partial charge on any atom is -0.493 e. The van der Waals surface area contributed by atoms with Crippen molar-refractivity contribution < 1.29 is 14.3 Å². The monoisotopic (exact) mass is 477 g/mol. The molecule has 2 N–H and O–H groups in total. The lowest BCUT2D eigenvalue weighted by atomic mass is 9.57. The van der Waals surface area contributed by atoms with Gasteiger partial charge in [0, 0.05) is 24.9 Å². The zero-order valence-electron chi connectivity index (χ0n) is 21.5. The fourth-order valence-electron chi connectivity index (χ4n) is 6.50. The van der Waals surface area contributed by atoms with E-state index in [4.69, 9.17) is 10.5 Å². The molecule has 6 heteroatoms. The van der Waals surface area contributed by atoms with E-state index in [0.717, 1.165) is 35.5 Å². The smallest absolute Gasteiger partial charge is 0.224 e. The first-order chi connectivity index (χ1) is 16.7. The van der Waals surface area contributed by atoms with Gasteiger partial charge < -0.3 is 20.3 Å². The summed E-state index contributed by atoms with van der Waals surface area (Å²) < 4.78 is 6.15. The molecule has 2 aromatic rings. The Morgan fingerprint density at radius 1 is 1.03 bits per heavy atom. The van der Waals surface area contributed by atoms with Crippen LogP contribution in [0, 0.1) is 5.92 Å². The first kappa shape index (κ1) is 25.2. The fourth-order valence-corrected chi connectivity index (χ4v) is 6.50. The molecule has 2 aliphatic heterocycles. The van der Waals surface area contributed by atoms with Crippen molar-refractivity contribution >= 4 is 17.5 Å². The van der Waals surface area contributed by atoms with Crippen molar-refractivity contribution in [3.05, 3.63) is 59.7 Å². The number of hydrogen-bond donors (Lipinski definition) is 1. The van der Waals surface area contributed by atoms with Crippen LogP contribution in [0.15, 0.2) is 48.5 Å². The molecule has 188 valence electrons. The standard InChI is InChI=1S/C29H39N3O3/c1-21(33)32-25-20-23(35-19-11-18-31-16-9-6-10-17-31)14-15-24(25)29(4,22-12-7-5-8-13-22)26(27(30)34)28(32,2)3/h5,7-8,12-15,20,26H,6,9-11,16-19H2,1-4H3,(H2,30,34). The maximum atomic E-state index is 13.0. The Hall–Kier alpha value is -2.86. The van der Waals surface area contributed by atoms with Gasteiger partial charge in [-0.1, -0.05) is 49.7 Å². The minimum absolute atomic E-state index is 0.125. The number of primary amides is 1. The predicted octanol–water partition coefficient (Wildman–Crippen LogP) is 4.49. The number of anilines is 1. The van der Waals surface area contributed by atoms with E-state index in [1.807, 2.05) is 62.4 Å². The van der Waals surface area contributed by atoms with E-state index in [1.54, 1.807) is 11.8 Å². The Kier molecular flexibility index (Phi) is 7.22. The van der Waals surface area contributed by atoms with Gasteiger partial charge in [0.05, 0.1) is 23.8 Å².